The molecule has 0 aromatic carbocycles. The van der Waals surface area contributed by atoms with Crippen molar-refractivity contribution in [1.29, 1.82) is 0 Å². The third kappa shape index (κ3) is 3.08. The molecule has 0 saturated carbocycles. The molecule has 0 bridgehead atoms. The van der Waals surface area contributed by atoms with Gasteiger partial charge < -0.3 is 15.0 Å². The summed E-state index contributed by atoms with van der Waals surface area (Å²) in [6.07, 6.45) is 2.18. The summed E-state index contributed by atoms with van der Waals surface area (Å²) in [6.45, 7) is 7.62. The van der Waals surface area contributed by atoms with Crippen molar-refractivity contribution in [2.45, 2.75) is 45.8 Å². The fourth-order valence-corrected chi connectivity index (χ4v) is 2.97. The highest BCUT2D eigenvalue weighted by atomic mass is 16.5. The van der Waals surface area contributed by atoms with E-state index in [1.54, 1.807) is 4.90 Å². The maximum Gasteiger partial charge on any atom is 0.245 e. The Morgan fingerprint density at radius 1 is 1.42 bits per heavy atom. The Morgan fingerprint density at radius 3 is 2.79 bits per heavy atom. The maximum atomic E-state index is 12.4. The number of carbonyl (C=O) groups is 2. The van der Waals surface area contributed by atoms with Gasteiger partial charge in [0.05, 0.1) is 12.6 Å². The number of hydrogen-bond acceptors (Lipinski definition) is 3. The van der Waals surface area contributed by atoms with E-state index in [0.717, 1.165) is 19.4 Å². The number of piperazine rings is 1. The fraction of sp³-hybridized carbons (Fsp3) is 0.857. The molecule has 1 N–H and O–H groups in total. The molecule has 19 heavy (non-hydrogen) atoms. The monoisotopic (exact) mass is 268 g/mol. The molecule has 2 aliphatic heterocycles. The van der Waals surface area contributed by atoms with Gasteiger partial charge in [-0.2, -0.15) is 0 Å². The van der Waals surface area contributed by atoms with E-state index in [1.165, 1.54) is 0 Å². The van der Waals surface area contributed by atoms with Crippen LogP contribution in [0.5, 0.6) is 0 Å². The smallest absolute Gasteiger partial charge is 0.245 e. The topological polar surface area (TPSA) is 58.6 Å². The lowest BCUT2D eigenvalue weighted by molar-refractivity contribution is -0.146. The summed E-state index contributed by atoms with van der Waals surface area (Å²) in [5.74, 6) is 0.496. The molecule has 3 unspecified atom stereocenters. The zero-order chi connectivity index (χ0) is 14.0. The van der Waals surface area contributed by atoms with Crippen LogP contribution in [0.3, 0.4) is 0 Å². The Morgan fingerprint density at radius 2 is 2.16 bits per heavy atom. The summed E-state index contributed by atoms with van der Waals surface area (Å²) >= 11 is 0. The fourth-order valence-electron chi connectivity index (χ4n) is 2.97. The molecule has 0 radical (unpaired) electrons. The Kier molecular flexibility index (Phi) is 4.45. The predicted octanol–water partition coefficient (Wildman–Crippen LogP) is 0.784. The third-order valence-electron chi connectivity index (χ3n) is 4.10. The van der Waals surface area contributed by atoms with Gasteiger partial charge >= 0.3 is 0 Å². The highest BCUT2D eigenvalue weighted by Gasteiger charge is 2.37. The number of amides is 2. The maximum absolute atomic E-state index is 12.4. The van der Waals surface area contributed by atoms with Crippen molar-refractivity contribution < 1.29 is 14.3 Å². The number of nitrogens with one attached hydrogen (secondary N) is 1. The molecule has 0 aromatic rings. The molecule has 5 nitrogen and oxygen atoms in total. The SMILES string of the molecule is CCC1OCCC1CN1CC(=O)NC(C(C)C)C1=O. The minimum atomic E-state index is -0.372. The normalized spacial score (nSPS) is 32.0. The van der Waals surface area contributed by atoms with Crippen molar-refractivity contribution in [3.8, 4) is 0 Å². The van der Waals surface area contributed by atoms with E-state index in [-0.39, 0.29) is 36.4 Å². The molecule has 0 aromatic heterocycles. The van der Waals surface area contributed by atoms with Crippen LogP contribution in [0.1, 0.15) is 33.6 Å². The molecule has 3 atom stereocenters. The van der Waals surface area contributed by atoms with Crippen LogP contribution >= 0.6 is 0 Å². The van der Waals surface area contributed by atoms with Crippen LogP contribution in [0.15, 0.2) is 0 Å². The van der Waals surface area contributed by atoms with Gasteiger partial charge in [-0.15, -0.1) is 0 Å². The van der Waals surface area contributed by atoms with Gasteiger partial charge in [0, 0.05) is 19.1 Å². The second kappa shape index (κ2) is 5.90. The van der Waals surface area contributed by atoms with Gasteiger partial charge in [-0.25, -0.2) is 0 Å². The number of rotatable bonds is 4. The standard InChI is InChI=1S/C14H24N2O3/c1-4-11-10(5-6-19-11)7-16-8-12(17)15-13(9(2)3)14(16)18/h9-11,13H,4-8H2,1-3H3,(H,15,17). The second-order valence-electron chi connectivity index (χ2n) is 5.87. The average Bonchev–Trinajstić information content (AvgIpc) is 2.80. The summed E-state index contributed by atoms with van der Waals surface area (Å²) in [5, 5.41) is 2.78. The third-order valence-corrected chi connectivity index (χ3v) is 4.10. The van der Waals surface area contributed by atoms with E-state index in [4.69, 9.17) is 4.74 Å². The molecule has 2 aliphatic rings. The van der Waals surface area contributed by atoms with E-state index in [1.807, 2.05) is 13.8 Å². The number of hydrogen-bond donors (Lipinski definition) is 1. The zero-order valence-corrected chi connectivity index (χ0v) is 12.0. The van der Waals surface area contributed by atoms with E-state index in [9.17, 15) is 9.59 Å². The van der Waals surface area contributed by atoms with Crippen molar-refractivity contribution in [3.05, 3.63) is 0 Å². The van der Waals surface area contributed by atoms with Crippen molar-refractivity contribution in [2.75, 3.05) is 19.7 Å². The largest absolute Gasteiger partial charge is 0.378 e. The van der Waals surface area contributed by atoms with Gasteiger partial charge in [-0.1, -0.05) is 20.8 Å². The van der Waals surface area contributed by atoms with E-state index in [2.05, 4.69) is 12.2 Å². The first-order chi connectivity index (χ1) is 9.02. The summed E-state index contributed by atoms with van der Waals surface area (Å²) in [4.78, 5) is 25.8. The minimum absolute atomic E-state index is 0.0507. The molecule has 5 heteroatoms. The van der Waals surface area contributed by atoms with Crippen LogP contribution < -0.4 is 5.32 Å². The zero-order valence-electron chi connectivity index (χ0n) is 12.0. The molecule has 108 valence electrons. The Labute approximate surface area is 114 Å². The van der Waals surface area contributed by atoms with Crippen LogP contribution in [-0.4, -0.2) is 48.6 Å². The molecule has 0 spiro atoms. The van der Waals surface area contributed by atoms with Crippen molar-refractivity contribution >= 4 is 11.8 Å². The van der Waals surface area contributed by atoms with Gasteiger partial charge in [0.15, 0.2) is 0 Å². The number of carbonyl (C=O) groups excluding carboxylic acids is 2. The summed E-state index contributed by atoms with van der Waals surface area (Å²) in [7, 11) is 0. The van der Waals surface area contributed by atoms with Crippen LogP contribution in [0.25, 0.3) is 0 Å². The molecule has 2 fully saturated rings. The van der Waals surface area contributed by atoms with Crippen LogP contribution in [0.4, 0.5) is 0 Å². The number of nitrogens with zero attached hydrogens (tertiary/aromatic N) is 1. The molecule has 2 amide bonds. The quantitative estimate of drug-likeness (QED) is 0.820. The lowest BCUT2D eigenvalue weighted by atomic mass is 9.96. The first-order valence-corrected chi connectivity index (χ1v) is 7.22. The second-order valence-corrected chi connectivity index (χ2v) is 5.87. The van der Waals surface area contributed by atoms with E-state index in [0.29, 0.717) is 12.5 Å². The first kappa shape index (κ1) is 14.3. The van der Waals surface area contributed by atoms with E-state index >= 15 is 0 Å². The van der Waals surface area contributed by atoms with Crippen LogP contribution in [0, 0.1) is 11.8 Å². The number of ether oxygens (including phenoxy) is 1. The van der Waals surface area contributed by atoms with Gasteiger partial charge in [0.25, 0.3) is 0 Å². The highest BCUT2D eigenvalue weighted by molar-refractivity contribution is 5.94. The molecule has 2 rings (SSSR count). The molecular weight excluding hydrogens is 244 g/mol. The first-order valence-electron chi connectivity index (χ1n) is 7.22. The van der Waals surface area contributed by atoms with Crippen molar-refractivity contribution in [1.82, 2.24) is 10.2 Å². The van der Waals surface area contributed by atoms with Gasteiger partial charge in [0.2, 0.25) is 11.8 Å². The van der Waals surface area contributed by atoms with Gasteiger partial charge in [0.1, 0.15) is 6.04 Å². The predicted molar refractivity (Wildman–Crippen MR) is 71.5 cm³/mol. The van der Waals surface area contributed by atoms with Crippen LogP contribution in [-0.2, 0) is 14.3 Å². The Balaban J connectivity index is 2.02. The van der Waals surface area contributed by atoms with E-state index < -0.39 is 0 Å². The molecular formula is C14H24N2O3. The summed E-state index contributed by atoms with van der Waals surface area (Å²) < 4.78 is 5.65. The highest BCUT2D eigenvalue weighted by Crippen LogP contribution is 2.25. The summed E-state index contributed by atoms with van der Waals surface area (Å²) in [6, 6.07) is -0.372. The van der Waals surface area contributed by atoms with Crippen molar-refractivity contribution in [2.24, 2.45) is 11.8 Å². The molecule has 2 saturated heterocycles. The molecule has 2 heterocycles. The van der Waals surface area contributed by atoms with Gasteiger partial charge in [-0.3, -0.25) is 9.59 Å². The van der Waals surface area contributed by atoms with Crippen LogP contribution in [0.2, 0.25) is 0 Å². The van der Waals surface area contributed by atoms with Crippen molar-refractivity contribution in [3.63, 3.8) is 0 Å². The Hall–Kier alpha value is -1.10. The average molecular weight is 268 g/mol. The molecule has 0 aliphatic carbocycles. The lowest BCUT2D eigenvalue weighted by Gasteiger charge is -2.36. The Bertz CT molecular complexity index is 357. The lowest BCUT2D eigenvalue weighted by Crippen LogP contribution is -2.60. The van der Waals surface area contributed by atoms with Gasteiger partial charge in [-0.05, 0) is 18.8 Å². The summed E-state index contributed by atoms with van der Waals surface area (Å²) in [5.41, 5.74) is 0. The minimum Gasteiger partial charge on any atom is -0.378 e.